The van der Waals surface area contributed by atoms with Gasteiger partial charge in [-0.15, -0.1) is 0 Å². The Morgan fingerprint density at radius 2 is 1.50 bits per heavy atom. The fourth-order valence-electron chi connectivity index (χ4n) is 7.15. The number of ether oxygens (including phenoxy) is 3. The smallest absolute Gasteiger partial charge is 0.311 e. The number of Topliss-reactive ketones (excluding diaryl/α,β-unsaturated/α-hetero) is 1. The Morgan fingerprint density at radius 1 is 0.907 bits per heavy atom. The predicted molar refractivity (Wildman–Crippen MR) is 194 cm³/mol. The molecule has 0 aromatic heterocycles. The Kier molecular flexibility index (Phi) is 12.3. The van der Waals surface area contributed by atoms with Crippen LogP contribution in [0.4, 0.5) is 5.69 Å². The largest absolute Gasteiger partial charge is 0.505 e. The van der Waals surface area contributed by atoms with E-state index in [0.717, 1.165) is 6.92 Å². The van der Waals surface area contributed by atoms with Crippen LogP contribution in [0.3, 0.4) is 0 Å². The Labute approximate surface area is 312 Å². The second-order valence-corrected chi connectivity index (χ2v) is 14.5. The molecule has 5 rings (SSSR count). The topological polar surface area (TPSA) is 250 Å². The van der Waals surface area contributed by atoms with Crippen molar-refractivity contribution in [1.82, 2.24) is 0 Å². The maximum atomic E-state index is 13.9. The number of allylic oxidation sites excluding steroid dienone is 5. The molecule has 8 N–H and O–H groups in total. The number of rotatable bonds is 2. The molecule has 1 aromatic carbocycles. The first-order valence-corrected chi connectivity index (χ1v) is 17.4. The van der Waals surface area contributed by atoms with Crippen LogP contribution in [-0.2, 0) is 23.9 Å². The number of nitrogens with one attached hydrogen (secondary N) is 1. The lowest BCUT2D eigenvalue weighted by atomic mass is 9.75. The van der Waals surface area contributed by atoms with Crippen molar-refractivity contribution >= 4 is 34.9 Å². The monoisotopic (exact) mass is 755 g/mol. The Bertz CT molecular complexity index is 1900. The van der Waals surface area contributed by atoms with E-state index in [0.29, 0.717) is 0 Å². The van der Waals surface area contributed by atoms with Gasteiger partial charge in [0.2, 0.25) is 6.79 Å². The van der Waals surface area contributed by atoms with Gasteiger partial charge in [0.25, 0.3) is 5.91 Å². The van der Waals surface area contributed by atoms with Crippen LogP contribution in [0.1, 0.15) is 76.9 Å². The number of ketones is 1. The normalized spacial score (nSPS) is 33.7. The summed E-state index contributed by atoms with van der Waals surface area (Å²) in [5.74, 6) is -9.80. The van der Waals surface area contributed by atoms with Gasteiger partial charge < -0.3 is 55.3 Å². The number of phenols is 1. The van der Waals surface area contributed by atoms with Gasteiger partial charge in [0.1, 0.15) is 28.8 Å². The highest BCUT2D eigenvalue weighted by Gasteiger charge is 2.47. The quantitative estimate of drug-likeness (QED) is 0.123. The molecule has 1 unspecified atom stereocenters. The summed E-state index contributed by atoms with van der Waals surface area (Å²) in [6, 6.07) is 0. The number of hydrogen-bond donors (Lipinski definition) is 8. The van der Waals surface area contributed by atoms with Gasteiger partial charge in [0, 0.05) is 47.0 Å². The molecular formula is C39H49NO14. The number of anilines is 1. The first-order chi connectivity index (χ1) is 25.0. The average molecular weight is 756 g/mol. The molecule has 4 aliphatic rings. The van der Waals surface area contributed by atoms with Gasteiger partial charge in [-0.1, -0.05) is 39.0 Å². The molecule has 1 amide bonds. The number of benzene rings is 1. The lowest BCUT2D eigenvalue weighted by Crippen LogP contribution is -2.53. The maximum absolute atomic E-state index is 13.9. The molecule has 15 heteroatoms. The first kappa shape index (κ1) is 41.9. The van der Waals surface area contributed by atoms with Crippen LogP contribution in [0.2, 0.25) is 0 Å². The molecule has 0 saturated carbocycles. The number of aliphatic hydroxyl groups is 5. The minimum Gasteiger partial charge on any atom is -0.505 e. The van der Waals surface area contributed by atoms with E-state index >= 15 is 0 Å². The highest BCUT2D eigenvalue weighted by atomic mass is 16.7. The van der Waals surface area contributed by atoms with E-state index in [1.165, 1.54) is 72.8 Å². The molecule has 0 fully saturated rings. The number of aliphatic carboxylic acids is 1. The van der Waals surface area contributed by atoms with Gasteiger partial charge in [-0.05, 0) is 46.3 Å². The van der Waals surface area contributed by atoms with E-state index in [-0.39, 0.29) is 61.9 Å². The van der Waals surface area contributed by atoms with Crippen LogP contribution in [0.25, 0.3) is 5.57 Å². The first-order valence-electron chi connectivity index (χ1n) is 17.4. The number of carbonyl (C=O) groups excluding carboxylic acids is 3. The summed E-state index contributed by atoms with van der Waals surface area (Å²) in [4.78, 5) is 52.3. The third-order valence-electron chi connectivity index (χ3n) is 10.4. The lowest BCUT2D eigenvalue weighted by molar-refractivity contribution is -0.164. The average Bonchev–Trinajstić information content (AvgIpc) is 3.10. The molecule has 0 spiro atoms. The molecule has 294 valence electrons. The number of carboxylic acid groups (broad SMARTS) is 1. The third-order valence-corrected chi connectivity index (χ3v) is 10.4. The minimum atomic E-state index is -2.21. The van der Waals surface area contributed by atoms with Crippen molar-refractivity contribution in [3.8, 4) is 11.5 Å². The van der Waals surface area contributed by atoms with Crippen molar-refractivity contribution in [3.63, 3.8) is 0 Å². The van der Waals surface area contributed by atoms with Gasteiger partial charge in [-0.2, -0.15) is 0 Å². The molecule has 4 bridgehead atoms. The van der Waals surface area contributed by atoms with Gasteiger partial charge >= 0.3 is 11.9 Å². The van der Waals surface area contributed by atoms with Crippen molar-refractivity contribution in [1.29, 1.82) is 0 Å². The van der Waals surface area contributed by atoms with Crippen LogP contribution in [0.15, 0.2) is 52.5 Å². The van der Waals surface area contributed by atoms with E-state index in [9.17, 15) is 54.9 Å². The number of hydrogen-bond acceptors (Lipinski definition) is 13. The van der Waals surface area contributed by atoms with E-state index in [1.807, 2.05) is 0 Å². The summed E-state index contributed by atoms with van der Waals surface area (Å²) in [6.07, 6.45) is -1.38. The number of esters is 1. The van der Waals surface area contributed by atoms with Crippen molar-refractivity contribution in [2.75, 3.05) is 12.1 Å². The molecule has 0 radical (unpaired) electrons. The predicted octanol–water partition coefficient (Wildman–Crippen LogP) is 3.02. The van der Waals surface area contributed by atoms with Crippen molar-refractivity contribution in [3.05, 3.63) is 69.2 Å². The standard InChI is InChI=1S/C39H49NO14/c1-15-11-10-12-16(2)37(48)40-27-18(4)35(54-22(8)41)23-24(32(27)46)30(44)20(6)34-25(23)33(52-14-53-34)17(3)13-39(9,51)36(47)21(7)31(45)26(38(49)50)29(43)19(5)28(15)42/h10-13,15,19,21,26,28-29,31,36,42-43,45-47,51H,14H2,1-9H3,(H,40,48)(H,49,50)/b11-10-,16-12+,17-13+/t15-,19-,21+,26-,28?,29+,31-,36-,39-/m1/s1. The summed E-state index contributed by atoms with van der Waals surface area (Å²) < 4.78 is 17.3. The number of phenolic OH excluding ortho intramolecular Hbond substituents is 1. The molecule has 3 aliphatic heterocycles. The van der Waals surface area contributed by atoms with E-state index < -0.39 is 89.9 Å². The summed E-state index contributed by atoms with van der Waals surface area (Å²) in [7, 11) is 0. The van der Waals surface area contributed by atoms with Crippen molar-refractivity contribution in [2.45, 2.75) is 92.3 Å². The number of carboxylic acids is 1. The summed E-state index contributed by atoms with van der Waals surface area (Å²) in [5, 5.41) is 81.1. The zero-order chi connectivity index (χ0) is 40.7. The van der Waals surface area contributed by atoms with Crippen LogP contribution < -0.4 is 10.1 Å². The Morgan fingerprint density at radius 3 is 2.09 bits per heavy atom. The SMILES string of the molecule is CC(=O)Oc1c(C)c2c(O)c3c1C1=C(OCOC1=C(C)C3=O)/C(C)=C/[C@@](C)(O)[C@H](O)[C@@H](C)[C@@H](O)[C@H](C(=O)O)[C@@H](O)[C@H](C)C(O)[C@H](C)/C=C\C=C(/C)C(=O)N2. The van der Waals surface area contributed by atoms with E-state index in [2.05, 4.69) is 5.32 Å². The fraction of sp³-hybridized carbons (Fsp3) is 0.487. The van der Waals surface area contributed by atoms with Crippen LogP contribution >= 0.6 is 0 Å². The Balaban J connectivity index is 2.07. The number of carbonyl (C=O) groups is 4. The summed E-state index contributed by atoms with van der Waals surface area (Å²) in [6.45, 7) is 12.0. The maximum Gasteiger partial charge on any atom is 0.311 e. The highest BCUT2D eigenvalue weighted by Crippen LogP contribution is 2.53. The molecule has 1 aromatic rings. The Hall–Kier alpha value is -4.80. The fourth-order valence-corrected chi connectivity index (χ4v) is 7.15. The molecule has 54 heavy (non-hydrogen) atoms. The number of fused-ring (bicyclic) bond motifs is 14. The number of aliphatic hydroxyl groups excluding tert-OH is 4. The zero-order valence-corrected chi connectivity index (χ0v) is 31.6. The third kappa shape index (κ3) is 7.72. The van der Waals surface area contributed by atoms with E-state index in [4.69, 9.17) is 14.2 Å². The molecule has 9 atom stereocenters. The lowest BCUT2D eigenvalue weighted by Gasteiger charge is -2.38. The van der Waals surface area contributed by atoms with E-state index in [1.54, 1.807) is 6.92 Å². The molecule has 15 nitrogen and oxygen atoms in total. The minimum absolute atomic E-state index is 0.00868. The van der Waals surface area contributed by atoms with Gasteiger partial charge in [0.15, 0.2) is 11.5 Å². The molecular weight excluding hydrogens is 706 g/mol. The second-order valence-electron chi connectivity index (χ2n) is 14.5. The van der Waals surface area contributed by atoms with Crippen LogP contribution in [-0.4, -0.2) is 96.2 Å². The zero-order valence-electron chi connectivity index (χ0n) is 31.6. The highest BCUT2D eigenvalue weighted by molar-refractivity contribution is 6.21. The van der Waals surface area contributed by atoms with Crippen LogP contribution in [0.5, 0.6) is 11.5 Å². The van der Waals surface area contributed by atoms with Crippen LogP contribution in [0, 0.1) is 30.6 Å². The summed E-state index contributed by atoms with van der Waals surface area (Å²) >= 11 is 0. The van der Waals surface area contributed by atoms with Gasteiger partial charge in [-0.25, -0.2) is 0 Å². The molecule has 0 saturated heterocycles. The molecule has 3 heterocycles. The summed E-state index contributed by atoms with van der Waals surface area (Å²) in [5.41, 5.74) is -2.51. The van der Waals surface area contributed by atoms with Gasteiger partial charge in [0.05, 0.1) is 41.2 Å². The number of amides is 1. The number of aromatic hydroxyl groups is 1. The van der Waals surface area contributed by atoms with Crippen molar-refractivity contribution in [2.24, 2.45) is 23.7 Å². The van der Waals surface area contributed by atoms with Gasteiger partial charge in [-0.3, -0.25) is 19.2 Å². The second kappa shape index (κ2) is 15.9. The van der Waals surface area contributed by atoms with Crippen molar-refractivity contribution < 1.29 is 69.1 Å². The molecule has 1 aliphatic carbocycles.